The number of hydrogen-bond donors (Lipinski definition) is 2. The molecule has 0 fully saturated rings. The number of halogens is 1. The normalized spacial score (nSPS) is 9.00. The Balaban J connectivity index is 2.34. The summed E-state index contributed by atoms with van der Waals surface area (Å²) in [6.45, 7) is 1.47. The number of alkyl halides is 1. The van der Waals surface area contributed by atoms with Crippen LogP contribution in [0, 0.1) is 0 Å². The summed E-state index contributed by atoms with van der Waals surface area (Å²) in [6.07, 6.45) is 0. The molecule has 38 valence electrons. The van der Waals surface area contributed by atoms with Gasteiger partial charge < -0.3 is 11.1 Å². The van der Waals surface area contributed by atoms with Gasteiger partial charge in [-0.2, -0.15) is 0 Å². The number of rotatable bonds is 3. The first kappa shape index (κ1) is 6.21. The average Bonchev–Trinajstić information content (AvgIpc) is 1.61. The quantitative estimate of drug-likeness (QED) is 0.297. The minimum absolute atomic E-state index is 0.497. The monoisotopic (exact) mass is 108 g/mol. The van der Waals surface area contributed by atoms with E-state index in [1.807, 2.05) is 0 Å². The maximum absolute atomic E-state index is 5.21. The molecule has 3 heteroatoms. The largest absolute Gasteiger partial charge is 0.329 e. The van der Waals surface area contributed by atoms with Gasteiger partial charge in [0.25, 0.3) is 0 Å². The van der Waals surface area contributed by atoms with Gasteiger partial charge in [0.05, 0.1) is 6.00 Å². The molecule has 0 aliphatic carbocycles. The van der Waals surface area contributed by atoms with Crippen LogP contribution in [0.5, 0.6) is 0 Å². The summed E-state index contributed by atoms with van der Waals surface area (Å²) in [7, 11) is 0. The molecule has 0 aliphatic rings. The Hall–Kier alpha value is 0.210. The first-order chi connectivity index (χ1) is 2.91. The summed E-state index contributed by atoms with van der Waals surface area (Å²) >= 11 is 5.21. The number of nitrogens with one attached hydrogen (secondary N) is 1. The van der Waals surface area contributed by atoms with Crippen molar-refractivity contribution in [3.8, 4) is 0 Å². The molecule has 0 unspecified atom stereocenters. The number of hydrogen-bond acceptors (Lipinski definition) is 2. The van der Waals surface area contributed by atoms with Gasteiger partial charge in [-0.3, -0.25) is 0 Å². The second-order valence-electron chi connectivity index (χ2n) is 0.922. The van der Waals surface area contributed by atoms with Crippen molar-refractivity contribution in [2.24, 2.45) is 5.73 Å². The van der Waals surface area contributed by atoms with Crippen LogP contribution in [0.1, 0.15) is 0 Å². The van der Waals surface area contributed by atoms with Crippen molar-refractivity contribution in [3.05, 3.63) is 0 Å². The zero-order valence-corrected chi connectivity index (χ0v) is 4.33. The summed E-state index contributed by atoms with van der Waals surface area (Å²) in [5.41, 5.74) is 5.09. The van der Waals surface area contributed by atoms with E-state index >= 15 is 0 Å². The van der Waals surface area contributed by atoms with Gasteiger partial charge in [0.15, 0.2) is 0 Å². The second-order valence-corrected chi connectivity index (χ2v) is 1.19. The van der Waals surface area contributed by atoms with Crippen LogP contribution in [0.4, 0.5) is 0 Å². The molecule has 2 nitrogen and oxygen atoms in total. The molecule has 0 bridgehead atoms. The topological polar surface area (TPSA) is 38.0 Å². The Labute approximate surface area is 42.7 Å². The predicted molar refractivity (Wildman–Crippen MR) is 27.8 cm³/mol. The Morgan fingerprint density at radius 3 is 2.50 bits per heavy atom. The third-order valence-corrected chi connectivity index (χ3v) is 0.605. The van der Waals surface area contributed by atoms with Gasteiger partial charge >= 0.3 is 0 Å². The molecular weight excluding hydrogens is 99.5 g/mol. The Morgan fingerprint density at radius 2 is 2.33 bits per heavy atom. The standard InChI is InChI=1S/C3H9ClN2/c4-3-6-2-1-5/h6H,1-3,5H2. The lowest BCUT2D eigenvalue weighted by molar-refractivity contribution is 0.780. The zero-order valence-electron chi connectivity index (χ0n) is 3.58. The number of nitrogens with two attached hydrogens (primary N) is 1. The summed E-state index contributed by atoms with van der Waals surface area (Å²) in [5, 5.41) is 2.84. The first-order valence-electron chi connectivity index (χ1n) is 1.88. The van der Waals surface area contributed by atoms with Crippen LogP contribution < -0.4 is 11.1 Å². The molecule has 0 aromatic rings. The van der Waals surface area contributed by atoms with Crippen molar-refractivity contribution < 1.29 is 0 Å². The lowest BCUT2D eigenvalue weighted by Crippen LogP contribution is -2.20. The highest BCUT2D eigenvalue weighted by Gasteiger charge is 1.72. The molecule has 0 atom stereocenters. The van der Waals surface area contributed by atoms with E-state index in [0.29, 0.717) is 12.5 Å². The van der Waals surface area contributed by atoms with Gasteiger partial charge in [0, 0.05) is 13.1 Å². The molecule has 0 saturated heterocycles. The summed E-state index contributed by atoms with van der Waals surface area (Å²) in [6, 6.07) is 0.497. The molecule has 0 heterocycles. The Bertz CT molecular complexity index is 20.8. The fourth-order valence-corrected chi connectivity index (χ4v) is 0.303. The van der Waals surface area contributed by atoms with Crippen LogP contribution in [0.25, 0.3) is 0 Å². The van der Waals surface area contributed by atoms with Crippen molar-refractivity contribution in [1.82, 2.24) is 5.32 Å². The lowest BCUT2D eigenvalue weighted by atomic mass is 10.7. The summed E-state index contributed by atoms with van der Waals surface area (Å²) in [5.74, 6) is 0. The molecule has 0 rings (SSSR count). The smallest absolute Gasteiger partial charge is 0.0713 e. The van der Waals surface area contributed by atoms with Crippen molar-refractivity contribution in [3.63, 3.8) is 0 Å². The fraction of sp³-hybridized carbons (Fsp3) is 1.00. The third kappa shape index (κ3) is 4.21. The van der Waals surface area contributed by atoms with Gasteiger partial charge in [0.1, 0.15) is 0 Å². The van der Waals surface area contributed by atoms with E-state index in [0.717, 1.165) is 6.54 Å². The average molecular weight is 109 g/mol. The predicted octanol–water partition coefficient (Wildman–Crippen LogP) is -0.269. The van der Waals surface area contributed by atoms with Crippen molar-refractivity contribution >= 4 is 11.6 Å². The molecule has 6 heavy (non-hydrogen) atoms. The van der Waals surface area contributed by atoms with E-state index < -0.39 is 0 Å². The molecule has 0 aromatic heterocycles. The lowest BCUT2D eigenvalue weighted by Gasteiger charge is -1.90. The molecule has 0 aliphatic heterocycles. The minimum Gasteiger partial charge on any atom is -0.329 e. The highest BCUT2D eigenvalue weighted by atomic mass is 35.5. The van der Waals surface area contributed by atoms with Crippen LogP contribution in [0.3, 0.4) is 0 Å². The SMILES string of the molecule is NCCNCCl. The Morgan fingerprint density at radius 1 is 1.67 bits per heavy atom. The van der Waals surface area contributed by atoms with Gasteiger partial charge in [-0.15, -0.1) is 11.6 Å². The Kier molecular flexibility index (Phi) is 5.39. The van der Waals surface area contributed by atoms with Crippen LogP contribution in [-0.4, -0.2) is 19.1 Å². The molecule has 0 spiro atoms. The van der Waals surface area contributed by atoms with Crippen LogP contribution in [0.2, 0.25) is 0 Å². The summed E-state index contributed by atoms with van der Waals surface area (Å²) < 4.78 is 0. The maximum atomic E-state index is 5.21. The van der Waals surface area contributed by atoms with E-state index in [9.17, 15) is 0 Å². The second kappa shape index (κ2) is 5.21. The molecule has 3 N–H and O–H groups in total. The van der Waals surface area contributed by atoms with Crippen molar-refractivity contribution in [2.45, 2.75) is 0 Å². The van der Waals surface area contributed by atoms with Gasteiger partial charge in [-0.1, -0.05) is 0 Å². The minimum atomic E-state index is 0.497. The highest BCUT2D eigenvalue weighted by Crippen LogP contribution is 1.60. The molecule has 0 saturated carbocycles. The maximum Gasteiger partial charge on any atom is 0.0713 e. The third-order valence-electron chi connectivity index (χ3n) is 0.416. The van der Waals surface area contributed by atoms with Gasteiger partial charge in [-0.05, 0) is 0 Å². The van der Waals surface area contributed by atoms with Gasteiger partial charge in [0.2, 0.25) is 0 Å². The molecule has 0 radical (unpaired) electrons. The molecule has 0 aromatic carbocycles. The summed E-state index contributed by atoms with van der Waals surface area (Å²) in [4.78, 5) is 0. The van der Waals surface area contributed by atoms with Crippen LogP contribution in [0.15, 0.2) is 0 Å². The fourth-order valence-electron chi connectivity index (χ4n) is 0.169. The van der Waals surface area contributed by atoms with E-state index in [1.54, 1.807) is 0 Å². The zero-order chi connectivity index (χ0) is 4.83. The van der Waals surface area contributed by atoms with E-state index in [1.165, 1.54) is 0 Å². The molecular formula is C3H9ClN2. The van der Waals surface area contributed by atoms with Gasteiger partial charge in [-0.25, -0.2) is 0 Å². The van der Waals surface area contributed by atoms with Crippen molar-refractivity contribution in [2.75, 3.05) is 19.1 Å². The van der Waals surface area contributed by atoms with Crippen LogP contribution >= 0.6 is 11.6 Å². The van der Waals surface area contributed by atoms with Crippen LogP contribution in [-0.2, 0) is 0 Å². The highest BCUT2D eigenvalue weighted by molar-refractivity contribution is 6.17. The molecule has 0 amide bonds. The van der Waals surface area contributed by atoms with E-state index in [4.69, 9.17) is 17.3 Å². The van der Waals surface area contributed by atoms with E-state index in [-0.39, 0.29) is 0 Å². The van der Waals surface area contributed by atoms with Crippen molar-refractivity contribution in [1.29, 1.82) is 0 Å². The first-order valence-corrected chi connectivity index (χ1v) is 2.42. The van der Waals surface area contributed by atoms with E-state index in [2.05, 4.69) is 5.32 Å².